The summed E-state index contributed by atoms with van der Waals surface area (Å²) in [4.78, 5) is 13.4. The molecule has 0 aliphatic rings. The van der Waals surface area contributed by atoms with Gasteiger partial charge in [0.05, 0.1) is 0 Å². The molecule has 1 aromatic rings. The number of carbonyl (C=O) groups is 1. The van der Waals surface area contributed by atoms with E-state index in [9.17, 15) is 4.79 Å². The van der Waals surface area contributed by atoms with Crippen molar-refractivity contribution in [2.24, 2.45) is 0 Å². The fraction of sp³-hybridized carbons (Fsp3) is 0.100. The number of ether oxygens (including phenoxy) is 1. The van der Waals surface area contributed by atoms with Crippen molar-refractivity contribution in [3.8, 4) is 10.7 Å². The Morgan fingerprint density at radius 1 is 1.38 bits per heavy atom. The van der Waals surface area contributed by atoms with Crippen molar-refractivity contribution in [3.63, 3.8) is 0 Å². The molecule has 66 valence electrons. The predicted octanol–water partition coefficient (Wildman–Crippen LogP) is 0.150. The van der Waals surface area contributed by atoms with Crippen molar-refractivity contribution < 1.29 is 9.53 Å². The van der Waals surface area contributed by atoms with Crippen molar-refractivity contribution in [2.75, 3.05) is 7.11 Å². The summed E-state index contributed by atoms with van der Waals surface area (Å²) in [7, 11) is 1.33. The van der Waals surface area contributed by atoms with Gasteiger partial charge in [-0.2, -0.15) is 0 Å². The molecule has 0 atom stereocenters. The number of benzene rings is 1. The first kappa shape index (κ1) is 9.85. The van der Waals surface area contributed by atoms with Crippen molar-refractivity contribution >= 4 is 25.4 Å². The van der Waals surface area contributed by atoms with Crippen LogP contribution in [0.15, 0.2) is 30.3 Å². The Hall–Kier alpha value is -1.23. The molecule has 13 heavy (non-hydrogen) atoms. The molecule has 0 bridgehead atoms. The molecule has 0 unspecified atom stereocenters. The van der Waals surface area contributed by atoms with E-state index in [0.717, 1.165) is 4.46 Å². The molecule has 0 aromatic heterocycles. The van der Waals surface area contributed by atoms with Crippen LogP contribution in [-0.2, 0) is 9.53 Å². The van der Waals surface area contributed by atoms with Crippen LogP contribution in [0.4, 0.5) is 0 Å². The van der Waals surface area contributed by atoms with Gasteiger partial charge < -0.3 is 0 Å². The average Bonchev–Trinajstić information content (AvgIpc) is 2.19. The Kier molecular flexibility index (Phi) is 4.11. The molecule has 0 aliphatic heterocycles. The van der Waals surface area contributed by atoms with Crippen LogP contribution in [0.5, 0.6) is 0 Å². The first-order valence-corrected chi connectivity index (χ1v) is 5.35. The molecule has 0 spiro atoms. The standard InChI is InChI=1S/C10H8O2Se/c1-12-10(11)7-8-13-9-5-3-2-4-6-9/h2-6H,1H3. The molecular formula is C10H8O2Se. The van der Waals surface area contributed by atoms with E-state index in [4.69, 9.17) is 0 Å². The van der Waals surface area contributed by atoms with E-state index in [1.54, 1.807) is 0 Å². The first-order chi connectivity index (χ1) is 6.33. The third kappa shape index (κ3) is 3.80. The Morgan fingerprint density at radius 2 is 2.08 bits per heavy atom. The van der Waals surface area contributed by atoms with Gasteiger partial charge in [0.15, 0.2) is 0 Å². The third-order valence-electron chi connectivity index (χ3n) is 1.25. The van der Waals surface area contributed by atoms with E-state index in [-0.39, 0.29) is 15.0 Å². The molecule has 1 aromatic carbocycles. The fourth-order valence-corrected chi connectivity index (χ4v) is 1.81. The summed E-state index contributed by atoms with van der Waals surface area (Å²) in [6.45, 7) is 0. The topological polar surface area (TPSA) is 26.3 Å². The van der Waals surface area contributed by atoms with Gasteiger partial charge in [-0.05, 0) is 0 Å². The summed E-state index contributed by atoms with van der Waals surface area (Å²) < 4.78 is 5.54. The first-order valence-electron chi connectivity index (χ1n) is 3.64. The van der Waals surface area contributed by atoms with E-state index in [0.29, 0.717) is 0 Å². The Labute approximate surface area is 83.4 Å². The molecule has 0 aliphatic carbocycles. The maximum absolute atomic E-state index is 10.6. The second kappa shape index (κ2) is 5.42. The van der Waals surface area contributed by atoms with Gasteiger partial charge >= 0.3 is 83.1 Å². The molecule has 0 amide bonds. The van der Waals surface area contributed by atoms with Gasteiger partial charge in [0, 0.05) is 0 Å². The second-order valence-corrected chi connectivity index (χ2v) is 3.98. The van der Waals surface area contributed by atoms with Gasteiger partial charge in [-0.25, -0.2) is 0 Å². The normalized spacial score (nSPS) is 8.38. The van der Waals surface area contributed by atoms with Crippen LogP contribution in [0.2, 0.25) is 0 Å². The number of esters is 1. The SMILES string of the molecule is COC(=O)C#C[Se]c1ccccc1. The number of rotatable bonds is 1. The van der Waals surface area contributed by atoms with Crippen LogP contribution in [0.1, 0.15) is 0 Å². The summed E-state index contributed by atoms with van der Waals surface area (Å²) in [5.41, 5.74) is 0. The van der Waals surface area contributed by atoms with E-state index in [1.807, 2.05) is 30.3 Å². The van der Waals surface area contributed by atoms with Gasteiger partial charge in [-0.3, -0.25) is 0 Å². The quantitative estimate of drug-likeness (QED) is 0.396. The summed E-state index contributed by atoms with van der Waals surface area (Å²) >= 11 is 0.0372. The molecule has 0 saturated heterocycles. The zero-order valence-electron chi connectivity index (χ0n) is 7.11. The summed E-state index contributed by atoms with van der Waals surface area (Å²) in [5, 5.41) is 0. The zero-order valence-corrected chi connectivity index (χ0v) is 8.82. The summed E-state index contributed by atoms with van der Waals surface area (Å²) in [6.07, 6.45) is 0. The van der Waals surface area contributed by atoms with E-state index in [2.05, 4.69) is 15.5 Å². The van der Waals surface area contributed by atoms with Gasteiger partial charge in [0.1, 0.15) is 0 Å². The molecule has 0 heterocycles. The Balaban J connectivity index is 2.51. The number of hydrogen-bond acceptors (Lipinski definition) is 2. The Bertz CT molecular complexity index is 335. The van der Waals surface area contributed by atoms with Crippen molar-refractivity contribution in [1.82, 2.24) is 0 Å². The second-order valence-electron chi connectivity index (χ2n) is 2.13. The zero-order chi connectivity index (χ0) is 9.52. The number of hydrogen-bond donors (Lipinski definition) is 0. The molecule has 0 N–H and O–H groups in total. The average molecular weight is 239 g/mol. The molecule has 3 heteroatoms. The van der Waals surface area contributed by atoms with Crippen molar-refractivity contribution in [3.05, 3.63) is 30.3 Å². The van der Waals surface area contributed by atoms with Crippen LogP contribution in [0.25, 0.3) is 0 Å². The van der Waals surface area contributed by atoms with E-state index in [1.165, 1.54) is 7.11 Å². The van der Waals surface area contributed by atoms with Gasteiger partial charge in [0.25, 0.3) is 0 Å². The maximum atomic E-state index is 10.6. The molecule has 2 nitrogen and oxygen atoms in total. The monoisotopic (exact) mass is 240 g/mol. The van der Waals surface area contributed by atoms with Crippen LogP contribution in [0, 0.1) is 10.7 Å². The molecule has 0 saturated carbocycles. The van der Waals surface area contributed by atoms with E-state index >= 15 is 0 Å². The van der Waals surface area contributed by atoms with Crippen LogP contribution in [0.3, 0.4) is 0 Å². The minimum absolute atomic E-state index is 0.0372. The van der Waals surface area contributed by atoms with Crippen molar-refractivity contribution in [1.29, 1.82) is 0 Å². The number of carbonyl (C=O) groups excluding carboxylic acids is 1. The third-order valence-corrected chi connectivity index (χ3v) is 2.74. The van der Waals surface area contributed by atoms with Crippen LogP contribution in [-0.4, -0.2) is 28.0 Å². The van der Waals surface area contributed by atoms with Crippen LogP contribution < -0.4 is 4.46 Å². The molecule has 1 rings (SSSR count). The van der Waals surface area contributed by atoms with Crippen molar-refractivity contribution in [2.45, 2.75) is 0 Å². The summed E-state index contributed by atoms with van der Waals surface area (Å²) in [6, 6.07) is 9.85. The van der Waals surface area contributed by atoms with E-state index < -0.39 is 5.97 Å². The number of methoxy groups -OCH3 is 1. The van der Waals surface area contributed by atoms with Gasteiger partial charge in [0.2, 0.25) is 0 Å². The van der Waals surface area contributed by atoms with Gasteiger partial charge in [-0.1, -0.05) is 0 Å². The van der Waals surface area contributed by atoms with Gasteiger partial charge in [-0.15, -0.1) is 0 Å². The van der Waals surface area contributed by atoms with Crippen LogP contribution >= 0.6 is 0 Å². The predicted molar refractivity (Wildman–Crippen MR) is 51.6 cm³/mol. The summed E-state index contributed by atoms with van der Waals surface area (Å²) in [5.74, 6) is 1.92. The fourth-order valence-electron chi connectivity index (χ4n) is 0.666. The molecule has 0 radical (unpaired) electrons. The molecular weight excluding hydrogens is 231 g/mol. The minimum atomic E-state index is -0.474. The molecule has 0 fully saturated rings. The Morgan fingerprint density at radius 3 is 2.69 bits per heavy atom.